The van der Waals surface area contributed by atoms with Crippen LogP contribution in [0.1, 0.15) is 25.7 Å². The summed E-state index contributed by atoms with van der Waals surface area (Å²) >= 11 is 2.66. The number of hydrogen-bond acceptors (Lipinski definition) is 6. The van der Waals surface area contributed by atoms with Crippen molar-refractivity contribution in [3.8, 4) is 0 Å². The lowest BCUT2D eigenvalue weighted by molar-refractivity contribution is -0.119. The van der Waals surface area contributed by atoms with E-state index in [-0.39, 0.29) is 17.7 Å². The summed E-state index contributed by atoms with van der Waals surface area (Å²) < 4.78 is 0.706. The van der Waals surface area contributed by atoms with Crippen molar-refractivity contribution in [3.63, 3.8) is 0 Å². The molecule has 8 heteroatoms. The third kappa shape index (κ3) is 3.90. The summed E-state index contributed by atoms with van der Waals surface area (Å²) in [7, 11) is 0. The number of anilines is 1. The number of nitrogens with one attached hydrogen (secondary N) is 2. The molecule has 0 unspecified atom stereocenters. The van der Waals surface area contributed by atoms with E-state index >= 15 is 0 Å². The fourth-order valence-corrected chi connectivity index (χ4v) is 3.06. The van der Waals surface area contributed by atoms with Gasteiger partial charge >= 0.3 is 0 Å². The van der Waals surface area contributed by atoms with Crippen LogP contribution < -0.4 is 10.6 Å². The highest BCUT2D eigenvalue weighted by atomic mass is 32.2. The maximum absolute atomic E-state index is 11.5. The van der Waals surface area contributed by atoms with Gasteiger partial charge in [-0.1, -0.05) is 23.1 Å². The number of amides is 2. The molecule has 6 nitrogen and oxygen atoms in total. The van der Waals surface area contributed by atoms with Crippen LogP contribution in [0, 0.1) is 5.92 Å². The molecule has 102 valence electrons. The first-order valence-corrected chi connectivity index (χ1v) is 8.07. The van der Waals surface area contributed by atoms with E-state index in [4.69, 9.17) is 0 Å². The van der Waals surface area contributed by atoms with Gasteiger partial charge in [-0.3, -0.25) is 9.59 Å². The largest absolute Gasteiger partial charge is 0.353 e. The van der Waals surface area contributed by atoms with E-state index in [2.05, 4.69) is 20.8 Å². The molecule has 0 aromatic carbocycles. The van der Waals surface area contributed by atoms with Crippen LogP contribution in [0.25, 0.3) is 0 Å². The zero-order valence-electron chi connectivity index (χ0n) is 10.2. The Kier molecular flexibility index (Phi) is 3.69. The monoisotopic (exact) mass is 298 g/mol. The number of hydrogen-bond donors (Lipinski definition) is 2. The van der Waals surface area contributed by atoms with Crippen LogP contribution in [-0.4, -0.2) is 33.8 Å². The zero-order chi connectivity index (χ0) is 13.2. The average Bonchev–Trinajstić information content (AvgIpc) is 3.28. The van der Waals surface area contributed by atoms with Crippen molar-refractivity contribution in [2.45, 2.75) is 36.1 Å². The second-order valence-corrected chi connectivity index (χ2v) is 6.97. The second kappa shape index (κ2) is 5.46. The van der Waals surface area contributed by atoms with Crippen LogP contribution in [0.5, 0.6) is 0 Å². The normalized spacial score (nSPS) is 18.1. The van der Waals surface area contributed by atoms with Crippen molar-refractivity contribution in [1.82, 2.24) is 15.5 Å². The number of rotatable bonds is 6. The van der Waals surface area contributed by atoms with E-state index in [9.17, 15) is 9.59 Å². The van der Waals surface area contributed by atoms with Crippen LogP contribution in [0.4, 0.5) is 5.13 Å². The molecule has 2 N–H and O–H groups in total. The molecule has 3 rings (SSSR count). The van der Waals surface area contributed by atoms with Gasteiger partial charge in [0.25, 0.3) is 0 Å². The molecular weight excluding hydrogens is 284 g/mol. The highest BCUT2D eigenvalue weighted by molar-refractivity contribution is 8.01. The molecule has 2 amide bonds. The minimum Gasteiger partial charge on any atom is -0.353 e. The standard InChI is InChI=1S/C11H14N4O2S2/c16-8(12-7-3-4-7)5-18-11-15-14-10(19-11)13-9(17)6-1-2-6/h6-7H,1-5H2,(H,12,16)(H,13,14,17). The molecule has 1 aromatic heterocycles. The summed E-state index contributed by atoms with van der Waals surface area (Å²) in [6.45, 7) is 0. The third-order valence-electron chi connectivity index (χ3n) is 2.85. The van der Waals surface area contributed by atoms with Crippen LogP contribution in [0.3, 0.4) is 0 Å². The summed E-state index contributed by atoms with van der Waals surface area (Å²) in [6, 6.07) is 0.385. The Morgan fingerprint density at radius 2 is 2.05 bits per heavy atom. The third-order valence-corrected chi connectivity index (χ3v) is 4.83. The number of thioether (sulfide) groups is 1. The molecule has 19 heavy (non-hydrogen) atoms. The van der Waals surface area contributed by atoms with Crippen LogP contribution in [-0.2, 0) is 9.59 Å². The highest BCUT2D eigenvalue weighted by Gasteiger charge is 2.30. The van der Waals surface area contributed by atoms with Gasteiger partial charge in [0.15, 0.2) is 4.34 Å². The van der Waals surface area contributed by atoms with E-state index in [1.165, 1.54) is 23.1 Å². The topological polar surface area (TPSA) is 84.0 Å². The van der Waals surface area contributed by atoms with Gasteiger partial charge < -0.3 is 10.6 Å². The van der Waals surface area contributed by atoms with Gasteiger partial charge in [-0.05, 0) is 25.7 Å². The Bertz CT molecular complexity index is 497. The van der Waals surface area contributed by atoms with Crippen molar-refractivity contribution in [3.05, 3.63) is 0 Å². The summed E-state index contributed by atoms with van der Waals surface area (Å²) in [5.41, 5.74) is 0. The van der Waals surface area contributed by atoms with Gasteiger partial charge in [-0.2, -0.15) is 0 Å². The van der Waals surface area contributed by atoms with Gasteiger partial charge in [-0.25, -0.2) is 0 Å². The lowest BCUT2D eigenvalue weighted by Gasteiger charge is -2.00. The first kappa shape index (κ1) is 12.9. The molecule has 0 saturated heterocycles. The summed E-state index contributed by atoms with van der Waals surface area (Å²) in [6.07, 6.45) is 4.11. The molecule has 1 aromatic rings. The summed E-state index contributed by atoms with van der Waals surface area (Å²) in [5, 5.41) is 14.0. The molecule has 2 aliphatic carbocycles. The van der Waals surface area contributed by atoms with Gasteiger partial charge in [0.2, 0.25) is 16.9 Å². The Morgan fingerprint density at radius 1 is 1.26 bits per heavy atom. The van der Waals surface area contributed by atoms with E-state index in [0.29, 0.717) is 21.3 Å². The Hall–Kier alpha value is -1.15. The summed E-state index contributed by atoms with van der Waals surface area (Å²) in [5.74, 6) is 0.566. The average molecular weight is 298 g/mol. The zero-order valence-corrected chi connectivity index (χ0v) is 11.9. The minimum atomic E-state index is 0.0270. The molecule has 2 saturated carbocycles. The molecule has 0 aliphatic heterocycles. The van der Waals surface area contributed by atoms with Crippen LogP contribution >= 0.6 is 23.1 Å². The van der Waals surface area contributed by atoms with Crippen LogP contribution in [0.2, 0.25) is 0 Å². The maximum atomic E-state index is 11.5. The fraction of sp³-hybridized carbons (Fsp3) is 0.636. The van der Waals surface area contributed by atoms with Crippen molar-refractivity contribution in [2.75, 3.05) is 11.1 Å². The second-order valence-electron chi connectivity index (χ2n) is 4.77. The lowest BCUT2D eigenvalue weighted by atomic mass is 10.4. The quantitative estimate of drug-likeness (QED) is 0.610. The van der Waals surface area contributed by atoms with E-state index < -0.39 is 0 Å². The fourth-order valence-electron chi connectivity index (χ4n) is 1.50. The number of carbonyl (C=O) groups is 2. The molecule has 1 heterocycles. The lowest BCUT2D eigenvalue weighted by Crippen LogP contribution is -2.26. The molecular formula is C11H14N4O2S2. The molecule has 0 radical (unpaired) electrons. The first-order chi connectivity index (χ1) is 9.20. The smallest absolute Gasteiger partial charge is 0.230 e. The number of nitrogens with zero attached hydrogens (tertiary/aromatic N) is 2. The van der Waals surface area contributed by atoms with Crippen molar-refractivity contribution >= 4 is 40.0 Å². The Balaban J connectivity index is 1.44. The Morgan fingerprint density at radius 3 is 2.74 bits per heavy atom. The SMILES string of the molecule is O=C(CSc1nnc(NC(=O)C2CC2)s1)NC1CC1. The van der Waals surface area contributed by atoms with Gasteiger partial charge in [-0.15, -0.1) is 10.2 Å². The number of carbonyl (C=O) groups excluding carboxylic acids is 2. The van der Waals surface area contributed by atoms with Crippen molar-refractivity contribution in [2.24, 2.45) is 5.92 Å². The number of aromatic nitrogens is 2. The molecule has 2 aliphatic rings. The van der Waals surface area contributed by atoms with Crippen molar-refractivity contribution in [1.29, 1.82) is 0 Å². The predicted molar refractivity (Wildman–Crippen MR) is 73.2 cm³/mol. The molecule has 0 bridgehead atoms. The molecule has 0 atom stereocenters. The first-order valence-electron chi connectivity index (χ1n) is 6.27. The van der Waals surface area contributed by atoms with Gasteiger partial charge in [0.05, 0.1) is 5.75 Å². The van der Waals surface area contributed by atoms with Gasteiger partial charge in [0.1, 0.15) is 0 Å². The molecule has 2 fully saturated rings. The maximum Gasteiger partial charge on any atom is 0.230 e. The summed E-state index contributed by atoms with van der Waals surface area (Å²) in [4.78, 5) is 23.0. The van der Waals surface area contributed by atoms with E-state index in [1.807, 2.05) is 0 Å². The minimum absolute atomic E-state index is 0.0270. The van der Waals surface area contributed by atoms with E-state index in [1.54, 1.807) is 0 Å². The Labute approximate surface area is 118 Å². The van der Waals surface area contributed by atoms with Crippen molar-refractivity contribution < 1.29 is 9.59 Å². The predicted octanol–water partition coefficient (Wildman–Crippen LogP) is 1.26. The van der Waals surface area contributed by atoms with Crippen LogP contribution in [0.15, 0.2) is 4.34 Å². The highest BCUT2D eigenvalue weighted by Crippen LogP contribution is 2.31. The molecule has 0 spiro atoms. The van der Waals surface area contributed by atoms with E-state index in [0.717, 1.165) is 25.7 Å². The van der Waals surface area contributed by atoms with Gasteiger partial charge in [0, 0.05) is 12.0 Å².